The molecule has 116 valence electrons. The first-order chi connectivity index (χ1) is 9.83. The van der Waals surface area contributed by atoms with E-state index in [0.29, 0.717) is 17.9 Å². The number of hydrogen-bond acceptors (Lipinski definition) is 3. The number of aromatic carboxylic acids is 1. The highest BCUT2D eigenvalue weighted by atomic mass is 32.2. The molecule has 0 saturated heterocycles. The lowest BCUT2D eigenvalue weighted by Crippen LogP contribution is -2.33. The van der Waals surface area contributed by atoms with Gasteiger partial charge in [-0.15, -0.1) is 0 Å². The summed E-state index contributed by atoms with van der Waals surface area (Å²) >= 11 is 0. The summed E-state index contributed by atoms with van der Waals surface area (Å²) < 4.78 is 27.7. The molecule has 1 aliphatic rings. The molecule has 0 aromatic heterocycles. The van der Waals surface area contributed by atoms with E-state index < -0.39 is 16.0 Å². The number of rotatable bonds is 7. The minimum absolute atomic E-state index is 0.0116. The maximum Gasteiger partial charge on any atom is 0.335 e. The number of sulfonamides is 1. The van der Waals surface area contributed by atoms with Crippen LogP contribution >= 0.6 is 0 Å². The zero-order valence-electron chi connectivity index (χ0n) is 12.3. The first-order valence-corrected chi connectivity index (χ1v) is 8.70. The van der Waals surface area contributed by atoms with E-state index in [0.717, 1.165) is 6.42 Å². The minimum atomic E-state index is -3.69. The molecule has 0 amide bonds. The molecule has 0 spiro atoms. The van der Waals surface area contributed by atoms with Crippen molar-refractivity contribution in [3.63, 3.8) is 0 Å². The molecule has 1 atom stereocenters. The number of carboxylic acid groups (broad SMARTS) is 1. The Hall–Kier alpha value is -1.40. The summed E-state index contributed by atoms with van der Waals surface area (Å²) in [6.07, 6.45) is 3.70. The van der Waals surface area contributed by atoms with Gasteiger partial charge >= 0.3 is 5.97 Å². The highest BCUT2D eigenvalue weighted by molar-refractivity contribution is 7.89. The Morgan fingerprint density at radius 2 is 2.10 bits per heavy atom. The molecule has 1 aromatic carbocycles. The Labute approximate surface area is 125 Å². The van der Waals surface area contributed by atoms with Gasteiger partial charge in [0.25, 0.3) is 0 Å². The van der Waals surface area contributed by atoms with Gasteiger partial charge in [-0.2, -0.15) is 0 Å². The van der Waals surface area contributed by atoms with Crippen molar-refractivity contribution in [2.24, 2.45) is 5.92 Å². The lowest BCUT2D eigenvalue weighted by molar-refractivity contribution is 0.0696. The van der Waals surface area contributed by atoms with Gasteiger partial charge in [0.2, 0.25) is 10.0 Å². The van der Waals surface area contributed by atoms with Gasteiger partial charge in [-0.25, -0.2) is 17.9 Å². The van der Waals surface area contributed by atoms with Crippen molar-refractivity contribution < 1.29 is 18.3 Å². The fraction of sp³-hybridized carbons (Fsp3) is 0.533. The number of nitrogens with one attached hydrogen (secondary N) is 1. The largest absolute Gasteiger partial charge is 0.478 e. The molecule has 2 rings (SSSR count). The van der Waals surface area contributed by atoms with Crippen LogP contribution in [0, 0.1) is 5.92 Å². The average Bonchev–Trinajstić information content (AvgIpc) is 3.20. The molecule has 0 radical (unpaired) electrons. The van der Waals surface area contributed by atoms with Gasteiger partial charge in [0.05, 0.1) is 10.5 Å². The van der Waals surface area contributed by atoms with E-state index in [1.54, 1.807) is 6.07 Å². The lowest BCUT2D eigenvalue weighted by atomic mass is 10.1. The quantitative estimate of drug-likeness (QED) is 0.810. The van der Waals surface area contributed by atoms with E-state index in [1.165, 1.54) is 25.0 Å². The van der Waals surface area contributed by atoms with Crippen molar-refractivity contribution in [2.75, 3.05) is 0 Å². The second kappa shape index (κ2) is 6.15. The third kappa shape index (κ3) is 4.04. The minimum Gasteiger partial charge on any atom is -0.478 e. The summed E-state index contributed by atoms with van der Waals surface area (Å²) in [6.45, 7) is 3.70. The molecular formula is C15H21NO4S. The zero-order chi connectivity index (χ0) is 15.6. The van der Waals surface area contributed by atoms with Crippen LogP contribution in [0.15, 0.2) is 23.1 Å². The first-order valence-electron chi connectivity index (χ1n) is 7.22. The summed E-state index contributed by atoms with van der Waals surface area (Å²) in [5.74, 6) is -0.501. The van der Waals surface area contributed by atoms with Crippen LogP contribution in [0.3, 0.4) is 0 Å². The van der Waals surface area contributed by atoms with E-state index in [4.69, 9.17) is 5.11 Å². The molecule has 1 aliphatic carbocycles. The Kier molecular flexibility index (Phi) is 4.68. The Morgan fingerprint density at radius 3 is 2.62 bits per heavy atom. The summed E-state index contributed by atoms with van der Waals surface area (Å²) in [5.41, 5.74) is 0.619. The van der Waals surface area contributed by atoms with Crippen LogP contribution < -0.4 is 4.72 Å². The fourth-order valence-corrected chi connectivity index (χ4v) is 4.05. The molecule has 1 saturated carbocycles. The van der Waals surface area contributed by atoms with Crippen LogP contribution in [-0.2, 0) is 16.4 Å². The Bertz CT molecular complexity index is 635. The zero-order valence-corrected chi connectivity index (χ0v) is 13.1. The Morgan fingerprint density at radius 1 is 1.43 bits per heavy atom. The predicted octanol–water partition coefficient (Wildman–Crippen LogP) is 2.41. The van der Waals surface area contributed by atoms with Crippen LogP contribution in [0.2, 0.25) is 0 Å². The van der Waals surface area contributed by atoms with Gasteiger partial charge in [-0.05, 0) is 43.4 Å². The Balaban J connectivity index is 2.28. The molecule has 0 heterocycles. The normalized spacial score (nSPS) is 16.7. The van der Waals surface area contributed by atoms with Gasteiger partial charge in [-0.1, -0.05) is 25.8 Å². The second-order valence-electron chi connectivity index (χ2n) is 5.68. The lowest BCUT2D eigenvalue weighted by Gasteiger charge is -2.16. The van der Waals surface area contributed by atoms with E-state index in [1.807, 2.05) is 13.8 Å². The van der Waals surface area contributed by atoms with Crippen LogP contribution in [0.5, 0.6) is 0 Å². The highest BCUT2D eigenvalue weighted by Gasteiger charge is 2.27. The van der Waals surface area contributed by atoms with Gasteiger partial charge in [0.15, 0.2) is 0 Å². The maximum atomic E-state index is 12.5. The molecule has 1 unspecified atom stereocenters. The van der Waals surface area contributed by atoms with Crippen LogP contribution in [-0.4, -0.2) is 25.5 Å². The molecule has 0 aliphatic heterocycles. The predicted molar refractivity (Wildman–Crippen MR) is 79.9 cm³/mol. The second-order valence-corrected chi connectivity index (χ2v) is 7.37. The number of hydrogen-bond donors (Lipinski definition) is 2. The molecule has 1 aromatic rings. The summed E-state index contributed by atoms with van der Waals surface area (Å²) in [4.78, 5) is 11.1. The third-order valence-electron chi connectivity index (χ3n) is 3.72. The van der Waals surface area contributed by atoms with Crippen molar-refractivity contribution in [3.8, 4) is 0 Å². The average molecular weight is 311 g/mol. The van der Waals surface area contributed by atoms with Gasteiger partial charge < -0.3 is 5.11 Å². The monoisotopic (exact) mass is 311 g/mol. The molecule has 2 N–H and O–H groups in total. The van der Waals surface area contributed by atoms with E-state index in [2.05, 4.69) is 4.72 Å². The van der Waals surface area contributed by atoms with E-state index >= 15 is 0 Å². The number of carbonyl (C=O) groups is 1. The van der Waals surface area contributed by atoms with Gasteiger partial charge in [0, 0.05) is 6.04 Å². The summed E-state index contributed by atoms with van der Waals surface area (Å²) in [6, 6.07) is 4.12. The van der Waals surface area contributed by atoms with Crippen LogP contribution in [0.25, 0.3) is 0 Å². The topological polar surface area (TPSA) is 83.5 Å². The molecule has 0 bridgehead atoms. The van der Waals surface area contributed by atoms with Crippen molar-refractivity contribution >= 4 is 16.0 Å². The van der Waals surface area contributed by atoms with Crippen LogP contribution in [0.4, 0.5) is 0 Å². The number of benzene rings is 1. The maximum absolute atomic E-state index is 12.5. The first kappa shape index (κ1) is 16.0. The van der Waals surface area contributed by atoms with Crippen molar-refractivity contribution in [2.45, 2.75) is 50.5 Å². The highest BCUT2D eigenvalue weighted by Crippen LogP contribution is 2.33. The number of carboxylic acids is 1. The SMILES string of the molecule is CCc1ccc(C(=O)O)cc1S(=O)(=O)NC(C)CC1CC1. The van der Waals surface area contributed by atoms with E-state index in [-0.39, 0.29) is 16.5 Å². The third-order valence-corrected chi connectivity index (χ3v) is 5.40. The molecule has 6 heteroatoms. The van der Waals surface area contributed by atoms with Crippen LogP contribution in [0.1, 0.15) is 49.0 Å². The van der Waals surface area contributed by atoms with Gasteiger partial charge in [-0.3, -0.25) is 0 Å². The van der Waals surface area contributed by atoms with E-state index in [9.17, 15) is 13.2 Å². The molecule has 21 heavy (non-hydrogen) atoms. The van der Waals surface area contributed by atoms with Crippen molar-refractivity contribution in [1.29, 1.82) is 0 Å². The van der Waals surface area contributed by atoms with Crippen molar-refractivity contribution in [1.82, 2.24) is 4.72 Å². The molecule has 1 fully saturated rings. The standard InChI is InChI=1S/C15H21NO4S/c1-3-12-6-7-13(15(17)18)9-14(12)21(19,20)16-10(2)8-11-4-5-11/h6-7,9-11,16H,3-5,8H2,1-2H3,(H,17,18). The smallest absolute Gasteiger partial charge is 0.335 e. The molecular weight excluding hydrogens is 290 g/mol. The summed E-state index contributed by atoms with van der Waals surface area (Å²) in [5, 5.41) is 9.03. The summed E-state index contributed by atoms with van der Waals surface area (Å²) in [7, 11) is -3.69. The molecule has 5 nitrogen and oxygen atoms in total. The number of aryl methyl sites for hydroxylation is 1. The fourth-order valence-electron chi connectivity index (χ4n) is 2.46. The van der Waals surface area contributed by atoms with Crippen molar-refractivity contribution in [3.05, 3.63) is 29.3 Å². The van der Waals surface area contributed by atoms with Gasteiger partial charge in [0.1, 0.15) is 0 Å².